The number of rotatable bonds is 10. The molecule has 3 aromatic carbocycles. The zero-order valence-electron chi connectivity index (χ0n) is 22.1. The van der Waals surface area contributed by atoms with Crippen LogP contribution in [0.2, 0.25) is 0 Å². The Morgan fingerprint density at radius 3 is 2.37 bits per heavy atom. The van der Waals surface area contributed by atoms with Gasteiger partial charge in [0.1, 0.15) is 23.0 Å². The molecule has 4 rings (SSSR count). The number of likely N-dealkylation sites (tertiary alicyclic amines) is 1. The molecule has 1 atom stereocenters. The summed E-state index contributed by atoms with van der Waals surface area (Å²) in [5.74, 6) is 0.608. The summed E-state index contributed by atoms with van der Waals surface area (Å²) in [6, 6.07) is 21.0. The lowest BCUT2D eigenvalue weighted by atomic mass is 9.93. The van der Waals surface area contributed by atoms with Crippen LogP contribution in [0.15, 0.2) is 78.4 Å². The van der Waals surface area contributed by atoms with Crippen LogP contribution in [0.5, 0.6) is 17.2 Å². The fourth-order valence-corrected chi connectivity index (χ4v) is 4.42. The van der Waals surface area contributed by atoms with E-state index in [0.717, 1.165) is 5.56 Å². The second-order valence-electron chi connectivity index (χ2n) is 9.65. The van der Waals surface area contributed by atoms with Crippen molar-refractivity contribution in [1.29, 1.82) is 0 Å². The smallest absolute Gasteiger partial charge is 0.295 e. The van der Waals surface area contributed by atoms with Gasteiger partial charge >= 0.3 is 0 Å². The summed E-state index contributed by atoms with van der Waals surface area (Å²) in [7, 11) is 1.53. The van der Waals surface area contributed by atoms with E-state index in [1.54, 1.807) is 30.3 Å². The summed E-state index contributed by atoms with van der Waals surface area (Å²) in [4.78, 5) is 27.9. The number of Topliss-reactive ketones (excluding diaryl/α,β-unsaturated/α-hetero) is 1. The Balaban J connectivity index is 1.76. The Bertz CT molecular complexity index is 1330. The van der Waals surface area contributed by atoms with Crippen molar-refractivity contribution in [1.82, 2.24) is 4.90 Å². The zero-order chi connectivity index (χ0) is 27.2. The molecule has 7 heteroatoms. The molecule has 3 aromatic rings. The molecule has 1 heterocycles. The number of carbonyl (C=O) groups is 2. The third-order valence-corrected chi connectivity index (χ3v) is 6.27. The van der Waals surface area contributed by atoms with Gasteiger partial charge in [-0.2, -0.15) is 0 Å². The van der Waals surface area contributed by atoms with E-state index < -0.39 is 17.7 Å². The summed E-state index contributed by atoms with van der Waals surface area (Å²) in [6.45, 7) is 6.96. The van der Waals surface area contributed by atoms with Crippen molar-refractivity contribution in [2.75, 3.05) is 26.9 Å². The Hall–Kier alpha value is -4.10. The van der Waals surface area contributed by atoms with Crippen LogP contribution in [-0.2, 0) is 14.3 Å². The molecule has 1 aliphatic heterocycles. The van der Waals surface area contributed by atoms with Gasteiger partial charge < -0.3 is 24.2 Å². The minimum atomic E-state index is -0.805. The van der Waals surface area contributed by atoms with Gasteiger partial charge in [0, 0.05) is 19.2 Å². The average Bonchev–Trinajstić information content (AvgIpc) is 3.16. The highest BCUT2D eigenvalue weighted by Crippen LogP contribution is 2.41. The molecule has 1 aliphatic rings. The van der Waals surface area contributed by atoms with E-state index in [4.69, 9.17) is 14.2 Å². The predicted octanol–water partition coefficient (Wildman–Crippen LogP) is 5.89. The molecule has 0 aromatic heterocycles. The van der Waals surface area contributed by atoms with Crippen LogP contribution >= 0.6 is 0 Å². The van der Waals surface area contributed by atoms with Crippen molar-refractivity contribution in [3.05, 3.63) is 95.1 Å². The van der Waals surface area contributed by atoms with Crippen LogP contribution in [0.1, 0.15) is 36.6 Å². The number of aliphatic hydroxyl groups excluding tert-OH is 1. The molecular formula is C31H33NO6. The number of hydrogen-bond donors (Lipinski definition) is 1. The number of nitrogens with zero attached hydrogens (tertiary/aromatic N) is 1. The monoisotopic (exact) mass is 515 g/mol. The zero-order valence-corrected chi connectivity index (χ0v) is 22.1. The fourth-order valence-electron chi connectivity index (χ4n) is 4.42. The number of benzene rings is 3. The topological polar surface area (TPSA) is 85.3 Å². The summed E-state index contributed by atoms with van der Waals surface area (Å²) in [6.07, 6.45) is 0. The molecule has 0 bridgehead atoms. The van der Waals surface area contributed by atoms with Gasteiger partial charge in [-0.3, -0.25) is 9.59 Å². The number of amides is 1. The van der Waals surface area contributed by atoms with Crippen molar-refractivity contribution in [2.45, 2.75) is 26.8 Å². The minimum absolute atomic E-state index is 0.0295. The lowest BCUT2D eigenvalue weighted by Gasteiger charge is -2.25. The van der Waals surface area contributed by atoms with E-state index >= 15 is 0 Å². The molecular weight excluding hydrogens is 482 g/mol. The van der Waals surface area contributed by atoms with Gasteiger partial charge in [-0.15, -0.1) is 0 Å². The maximum absolute atomic E-state index is 13.3. The van der Waals surface area contributed by atoms with Gasteiger partial charge in [-0.05, 0) is 66.4 Å². The Labute approximate surface area is 223 Å². The van der Waals surface area contributed by atoms with E-state index in [1.165, 1.54) is 12.0 Å². The van der Waals surface area contributed by atoms with Gasteiger partial charge in [0.2, 0.25) is 0 Å². The van der Waals surface area contributed by atoms with Crippen molar-refractivity contribution >= 4 is 17.4 Å². The minimum Gasteiger partial charge on any atom is -0.507 e. The quantitative estimate of drug-likeness (QED) is 0.206. The van der Waals surface area contributed by atoms with Crippen molar-refractivity contribution in [3.63, 3.8) is 0 Å². The third-order valence-electron chi connectivity index (χ3n) is 6.27. The fraction of sp³-hybridized carbons (Fsp3) is 0.290. The lowest BCUT2D eigenvalue weighted by molar-refractivity contribution is -0.140. The maximum atomic E-state index is 13.3. The van der Waals surface area contributed by atoms with E-state index in [1.807, 2.05) is 49.4 Å². The number of ether oxygens (including phenoxy) is 3. The third kappa shape index (κ3) is 5.89. The first-order valence-electron chi connectivity index (χ1n) is 12.6. The molecule has 38 heavy (non-hydrogen) atoms. The van der Waals surface area contributed by atoms with Gasteiger partial charge in [-0.25, -0.2) is 0 Å². The van der Waals surface area contributed by atoms with Crippen molar-refractivity contribution in [3.8, 4) is 17.2 Å². The number of ketones is 1. The summed E-state index contributed by atoms with van der Waals surface area (Å²) in [5.41, 5.74) is 1.87. The molecule has 198 valence electrons. The van der Waals surface area contributed by atoms with Crippen molar-refractivity contribution in [2.24, 2.45) is 5.92 Å². The van der Waals surface area contributed by atoms with E-state index in [-0.39, 0.29) is 24.5 Å². The first-order chi connectivity index (χ1) is 18.3. The molecule has 0 aliphatic carbocycles. The molecule has 1 saturated heterocycles. The van der Waals surface area contributed by atoms with E-state index in [2.05, 4.69) is 13.8 Å². The number of hydrogen-bond acceptors (Lipinski definition) is 6. The van der Waals surface area contributed by atoms with E-state index in [9.17, 15) is 14.7 Å². The van der Waals surface area contributed by atoms with Crippen LogP contribution < -0.4 is 9.47 Å². The van der Waals surface area contributed by atoms with Crippen LogP contribution in [-0.4, -0.2) is 48.6 Å². The van der Waals surface area contributed by atoms with Gasteiger partial charge in [0.05, 0.1) is 24.8 Å². The number of para-hydroxylation sites is 1. The highest BCUT2D eigenvalue weighted by molar-refractivity contribution is 6.46. The van der Waals surface area contributed by atoms with Crippen LogP contribution in [0.25, 0.3) is 5.76 Å². The van der Waals surface area contributed by atoms with E-state index in [0.29, 0.717) is 40.9 Å². The predicted molar refractivity (Wildman–Crippen MR) is 145 cm³/mol. The average molecular weight is 516 g/mol. The highest BCUT2D eigenvalue weighted by Gasteiger charge is 2.46. The number of aliphatic hydroxyl groups is 1. The second-order valence-corrected chi connectivity index (χ2v) is 9.65. The van der Waals surface area contributed by atoms with Crippen LogP contribution in [0.4, 0.5) is 0 Å². The number of aryl methyl sites for hydroxylation is 1. The first kappa shape index (κ1) is 26.9. The van der Waals surface area contributed by atoms with Gasteiger partial charge in [0.15, 0.2) is 0 Å². The summed E-state index contributed by atoms with van der Waals surface area (Å²) in [5, 5.41) is 11.5. The molecule has 0 saturated carbocycles. The Morgan fingerprint density at radius 1 is 0.947 bits per heavy atom. The van der Waals surface area contributed by atoms with Crippen LogP contribution in [0, 0.1) is 12.8 Å². The SMILES string of the molecule is COCCN1C(=O)C(=O)C(=C(O)c2ccc(OCC(C)C)cc2C)C1c1cccc(Oc2ccccc2)c1. The summed E-state index contributed by atoms with van der Waals surface area (Å²) < 4.78 is 17.0. The normalized spacial score (nSPS) is 16.8. The maximum Gasteiger partial charge on any atom is 0.295 e. The Morgan fingerprint density at radius 2 is 1.68 bits per heavy atom. The van der Waals surface area contributed by atoms with Gasteiger partial charge in [0.25, 0.3) is 11.7 Å². The first-order valence-corrected chi connectivity index (χ1v) is 12.6. The molecule has 1 fully saturated rings. The van der Waals surface area contributed by atoms with Crippen molar-refractivity contribution < 1.29 is 28.9 Å². The molecule has 0 radical (unpaired) electrons. The summed E-state index contributed by atoms with van der Waals surface area (Å²) >= 11 is 0. The standard InChI is InChI=1S/C31H33NO6/c1-20(2)19-37-24-13-14-26(21(3)17-24)29(33)27-28(32(15-16-36-4)31(35)30(27)34)22-9-8-12-25(18-22)38-23-10-6-5-7-11-23/h5-14,17-18,20,28,33H,15-16,19H2,1-4H3. The lowest BCUT2D eigenvalue weighted by Crippen LogP contribution is -2.32. The van der Waals surface area contributed by atoms with Crippen LogP contribution in [0.3, 0.4) is 0 Å². The number of methoxy groups -OCH3 is 1. The molecule has 1 amide bonds. The Kier molecular flexibility index (Phi) is 8.48. The molecule has 7 nitrogen and oxygen atoms in total. The highest BCUT2D eigenvalue weighted by atomic mass is 16.5. The molecule has 1 N–H and O–H groups in total. The van der Waals surface area contributed by atoms with Gasteiger partial charge in [-0.1, -0.05) is 44.2 Å². The number of carbonyl (C=O) groups excluding carboxylic acids is 2. The second kappa shape index (κ2) is 12.0. The molecule has 1 unspecified atom stereocenters. The molecule has 0 spiro atoms. The largest absolute Gasteiger partial charge is 0.507 e.